The zero-order valence-corrected chi connectivity index (χ0v) is 21.4. The van der Waals surface area contributed by atoms with Crippen LogP contribution in [0.3, 0.4) is 0 Å². The number of fused-ring (bicyclic) bond motifs is 2. The lowest BCUT2D eigenvalue weighted by molar-refractivity contribution is 0.416. The topological polar surface area (TPSA) is 63.6 Å². The highest BCUT2D eigenvalue weighted by Crippen LogP contribution is 2.41. The number of benzene rings is 2. The Hall–Kier alpha value is -3.52. The number of piperidine rings is 1. The lowest BCUT2D eigenvalue weighted by Gasteiger charge is -2.32. The van der Waals surface area contributed by atoms with Crippen LogP contribution in [0.2, 0.25) is 0 Å². The minimum Gasteiger partial charge on any atom is -0.362 e. The monoisotopic (exact) mass is 502 g/mol. The Kier molecular flexibility index (Phi) is 5.63. The van der Waals surface area contributed by atoms with Crippen molar-refractivity contribution in [3.05, 3.63) is 81.2 Å². The van der Waals surface area contributed by atoms with Crippen molar-refractivity contribution in [1.82, 2.24) is 14.5 Å². The predicted octanol–water partition coefficient (Wildman–Crippen LogP) is 6.27. The first-order chi connectivity index (χ1) is 17.4. The van der Waals surface area contributed by atoms with Crippen LogP contribution >= 0.6 is 11.3 Å². The standard InChI is InChI=1S/C28H27FN4O2S/c1-4-21-17(3)30-28-33(26(21)34)25(19-7-5-16(2)6-8-19)27(36-28)32-13-11-18(12-14-32)24-22-10-9-20(29)15-23(22)35-31-24/h5-10,15,18H,4,11-14H2,1-3H3. The van der Waals surface area contributed by atoms with Gasteiger partial charge in [-0.25, -0.2) is 13.8 Å². The van der Waals surface area contributed by atoms with Crippen molar-refractivity contribution in [2.45, 2.75) is 46.0 Å². The highest BCUT2D eigenvalue weighted by atomic mass is 32.1. The molecule has 5 aromatic rings. The van der Waals surface area contributed by atoms with Gasteiger partial charge in [0.1, 0.15) is 10.8 Å². The van der Waals surface area contributed by atoms with Crippen LogP contribution in [0.15, 0.2) is 51.8 Å². The third kappa shape index (κ3) is 3.71. The molecule has 8 heteroatoms. The highest BCUT2D eigenvalue weighted by Gasteiger charge is 2.29. The van der Waals surface area contributed by atoms with Gasteiger partial charge in [0.15, 0.2) is 10.5 Å². The van der Waals surface area contributed by atoms with Crippen molar-refractivity contribution in [3.63, 3.8) is 0 Å². The Balaban J connectivity index is 1.40. The average molecular weight is 503 g/mol. The summed E-state index contributed by atoms with van der Waals surface area (Å²) in [5, 5.41) is 6.25. The van der Waals surface area contributed by atoms with E-state index in [1.54, 1.807) is 17.4 Å². The number of hydrogen-bond acceptors (Lipinski definition) is 6. The van der Waals surface area contributed by atoms with Gasteiger partial charge >= 0.3 is 0 Å². The van der Waals surface area contributed by atoms with Gasteiger partial charge in [-0.15, -0.1) is 0 Å². The third-order valence-electron chi connectivity index (χ3n) is 7.28. The van der Waals surface area contributed by atoms with E-state index in [0.29, 0.717) is 12.0 Å². The summed E-state index contributed by atoms with van der Waals surface area (Å²) in [6.07, 6.45) is 2.43. The molecule has 1 aliphatic rings. The summed E-state index contributed by atoms with van der Waals surface area (Å²) in [6, 6.07) is 13.0. The third-order valence-corrected chi connectivity index (χ3v) is 8.38. The van der Waals surface area contributed by atoms with E-state index in [1.807, 2.05) is 18.2 Å². The van der Waals surface area contributed by atoms with Crippen molar-refractivity contribution in [1.29, 1.82) is 0 Å². The molecule has 4 heterocycles. The second-order valence-electron chi connectivity index (χ2n) is 9.54. The molecule has 0 bridgehead atoms. The minimum absolute atomic E-state index is 0.0225. The maximum absolute atomic E-state index is 13.6. The second-order valence-corrected chi connectivity index (χ2v) is 10.5. The molecule has 1 aliphatic heterocycles. The zero-order chi connectivity index (χ0) is 25.0. The van der Waals surface area contributed by atoms with Crippen molar-refractivity contribution in [2.24, 2.45) is 0 Å². The van der Waals surface area contributed by atoms with Gasteiger partial charge in [0.05, 0.1) is 11.4 Å². The Bertz CT molecular complexity index is 1640. The number of hydrogen-bond donors (Lipinski definition) is 0. The molecule has 6 nitrogen and oxygen atoms in total. The number of rotatable bonds is 4. The fraction of sp³-hybridized carbons (Fsp3) is 0.321. The Morgan fingerprint density at radius 1 is 1.11 bits per heavy atom. The zero-order valence-electron chi connectivity index (χ0n) is 20.5. The molecule has 1 saturated heterocycles. The first kappa shape index (κ1) is 22.9. The molecule has 0 aliphatic carbocycles. The molecule has 0 amide bonds. The van der Waals surface area contributed by atoms with Crippen LogP contribution in [0.25, 0.3) is 27.2 Å². The van der Waals surface area contributed by atoms with E-state index in [-0.39, 0.29) is 17.3 Å². The van der Waals surface area contributed by atoms with Crippen molar-refractivity contribution < 1.29 is 8.91 Å². The molecule has 0 N–H and O–H groups in total. The molecule has 3 aromatic heterocycles. The van der Waals surface area contributed by atoms with E-state index >= 15 is 0 Å². The minimum atomic E-state index is -0.321. The van der Waals surface area contributed by atoms with E-state index in [1.165, 1.54) is 17.7 Å². The summed E-state index contributed by atoms with van der Waals surface area (Å²) in [5.41, 5.74) is 6.10. The lowest BCUT2D eigenvalue weighted by Crippen LogP contribution is -2.33. The maximum Gasteiger partial charge on any atom is 0.262 e. The van der Waals surface area contributed by atoms with E-state index in [0.717, 1.165) is 69.5 Å². The Morgan fingerprint density at radius 2 is 1.86 bits per heavy atom. The first-order valence-corrected chi connectivity index (χ1v) is 13.2. The predicted molar refractivity (Wildman–Crippen MR) is 142 cm³/mol. The van der Waals surface area contributed by atoms with E-state index in [4.69, 9.17) is 9.51 Å². The summed E-state index contributed by atoms with van der Waals surface area (Å²) in [4.78, 5) is 21.5. The second kappa shape index (κ2) is 8.85. The molecular weight excluding hydrogens is 475 g/mol. The number of nitrogens with zero attached hydrogens (tertiary/aromatic N) is 4. The summed E-state index contributed by atoms with van der Waals surface area (Å²) < 4.78 is 20.8. The van der Waals surface area contributed by atoms with Gasteiger partial charge in [-0.05, 0) is 45.2 Å². The molecule has 1 fully saturated rings. The number of aryl methyl sites for hydroxylation is 2. The fourth-order valence-corrected chi connectivity index (χ4v) is 6.54. The number of thiazole rings is 1. The van der Waals surface area contributed by atoms with E-state index < -0.39 is 0 Å². The Morgan fingerprint density at radius 3 is 2.58 bits per heavy atom. The summed E-state index contributed by atoms with van der Waals surface area (Å²) in [7, 11) is 0. The van der Waals surface area contributed by atoms with E-state index in [9.17, 15) is 9.18 Å². The van der Waals surface area contributed by atoms with Gasteiger partial charge in [-0.3, -0.25) is 4.79 Å². The van der Waals surface area contributed by atoms with Gasteiger partial charge in [-0.2, -0.15) is 0 Å². The number of anilines is 1. The SMILES string of the molecule is CCc1c(C)nc2sc(N3CCC(c4noc5cc(F)ccc45)CC3)c(-c3ccc(C)cc3)n2c1=O. The lowest BCUT2D eigenvalue weighted by atomic mass is 9.91. The summed E-state index contributed by atoms with van der Waals surface area (Å²) in [5.74, 6) is -0.0846. The molecule has 0 unspecified atom stereocenters. The smallest absolute Gasteiger partial charge is 0.262 e. The molecule has 0 spiro atoms. The molecule has 0 saturated carbocycles. The van der Waals surface area contributed by atoms with Crippen molar-refractivity contribution >= 4 is 32.3 Å². The van der Waals surface area contributed by atoms with Crippen molar-refractivity contribution in [2.75, 3.05) is 18.0 Å². The van der Waals surface area contributed by atoms with Crippen LogP contribution in [0.5, 0.6) is 0 Å². The van der Waals surface area contributed by atoms with Crippen LogP contribution in [-0.4, -0.2) is 27.6 Å². The summed E-state index contributed by atoms with van der Waals surface area (Å²) >= 11 is 1.58. The molecule has 36 heavy (non-hydrogen) atoms. The average Bonchev–Trinajstić information content (AvgIpc) is 3.46. The van der Waals surface area contributed by atoms with Crippen LogP contribution in [0.1, 0.15) is 48.2 Å². The molecule has 2 aromatic carbocycles. The van der Waals surface area contributed by atoms with Crippen LogP contribution in [0, 0.1) is 19.7 Å². The van der Waals surface area contributed by atoms with Crippen LogP contribution in [-0.2, 0) is 6.42 Å². The van der Waals surface area contributed by atoms with Gasteiger partial charge in [0.25, 0.3) is 5.56 Å². The van der Waals surface area contributed by atoms with Gasteiger partial charge in [0, 0.05) is 47.3 Å². The van der Waals surface area contributed by atoms with Crippen LogP contribution < -0.4 is 10.5 Å². The molecule has 184 valence electrons. The molecular formula is C28H27FN4O2S. The van der Waals surface area contributed by atoms with E-state index in [2.05, 4.69) is 41.2 Å². The van der Waals surface area contributed by atoms with Crippen LogP contribution in [0.4, 0.5) is 9.39 Å². The molecule has 6 rings (SSSR count). The highest BCUT2D eigenvalue weighted by molar-refractivity contribution is 7.21. The quantitative estimate of drug-likeness (QED) is 0.290. The van der Waals surface area contributed by atoms with Gasteiger partial charge in [-0.1, -0.05) is 53.2 Å². The fourth-order valence-electron chi connectivity index (χ4n) is 5.30. The molecule has 0 radical (unpaired) electrons. The normalized spacial score (nSPS) is 14.8. The number of halogens is 1. The van der Waals surface area contributed by atoms with Gasteiger partial charge in [0.2, 0.25) is 0 Å². The maximum atomic E-state index is 13.6. The largest absolute Gasteiger partial charge is 0.362 e. The Labute approximate surface area is 212 Å². The van der Waals surface area contributed by atoms with Gasteiger partial charge < -0.3 is 9.42 Å². The first-order valence-electron chi connectivity index (χ1n) is 12.4. The number of aromatic nitrogens is 3. The molecule has 0 atom stereocenters. The van der Waals surface area contributed by atoms with Crippen molar-refractivity contribution in [3.8, 4) is 11.3 Å². The summed E-state index contributed by atoms with van der Waals surface area (Å²) in [6.45, 7) is 7.63.